The highest BCUT2D eigenvalue weighted by Crippen LogP contribution is 2.24. The molecule has 0 radical (unpaired) electrons. The molecule has 7 heteroatoms. The van der Waals surface area contributed by atoms with Crippen LogP contribution in [0, 0.1) is 0 Å². The number of thiophene rings is 1. The summed E-state index contributed by atoms with van der Waals surface area (Å²) in [4.78, 5) is 6.28. The molecule has 6 nitrogen and oxygen atoms in total. The largest absolute Gasteiger partial charge is 0.454 e. The fraction of sp³-hybridized carbons (Fsp3) is 0.0588. The van der Waals surface area contributed by atoms with Crippen molar-refractivity contribution in [1.29, 1.82) is 0 Å². The summed E-state index contributed by atoms with van der Waals surface area (Å²) in [6.45, 7) is 4.03. The average Bonchev–Trinajstić information content (AvgIpc) is 3.33. The minimum Gasteiger partial charge on any atom is -0.454 e. The molecule has 0 saturated carbocycles. The highest BCUT2D eigenvalue weighted by atomic mass is 32.1. The van der Waals surface area contributed by atoms with E-state index < -0.39 is 0 Å². The molecule has 0 aliphatic carbocycles. The quantitative estimate of drug-likeness (QED) is 0.530. The molecule has 1 N–H and O–H groups in total. The van der Waals surface area contributed by atoms with E-state index >= 15 is 0 Å². The molecular formula is C17H13N3O3S. The van der Waals surface area contributed by atoms with Gasteiger partial charge in [-0.05, 0) is 23.6 Å². The number of aromatic nitrogens is 2. The van der Waals surface area contributed by atoms with Gasteiger partial charge in [-0.2, -0.15) is 0 Å². The number of fused-ring (bicyclic) bond motifs is 1. The average molecular weight is 339 g/mol. The van der Waals surface area contributed by atoms with Gasteiger partial charge in [-0.3, -0.25) is 10.3 Å². The number of nitrogens with zero attached hydrogens (tertiary/aromatic N) is 2. The van der Waals surface area contributed by atoms with Crippen LogP contribution in [0.5, 0.6) is 0 Å². The maximum atomic E-state index is 5.69. The maximum Gasteiger partial charge on any atom is 0.257 e. The van der Waals surface area contributed by atoms with Gasteiger partial charge in [0.15, 0.2) is 12.4 Å². The van der Waals surface area contributed by atoms with E-state index in [0.717, 1.165) is 15.8 Å². The number of nitrogens with one attached hydrogen (secondary N) is 1. The monoisotopic (exact) mass is 339 g/mol. The Kier molecular flexibility index (Phi) is 3.86. The molecule has 3 aromatic heterocycles. The molecule has 0 aliphatic rings. The zero-order chi connectivity index (χ0) is 16.4. The van der Waals surface area contributed by atoms with Crippen LogP contribution < -0.4 is 5.48 Å². The molecule has 120 valence electrons. The summed E-state index contributed by atoms with van der Waals surface area (Å²) in [7, 11) is 0. The van der Waals surface area contributed by atoms with Gasteiger partial charge in [0.05, 0.1) is 10.6 Å². The molecule has 3 heterocycles. The number of rotatable bonds is 6. The molecular weight excluding hydrogens is 326 g/mol. The first-order valence-corrected chi connectivity index (χ1v) is 8.09. The van der Waals surface area contributed by atoms with Gasteiger partial charge in [0.2, 0.25) is 5.89 Å². The van der Waals surface area contributed by atoms with Crippen LogP contribution in [-0.2, 0) is 11.4 Å². The molecule has 4 aromatic rings. The minimum absolute atomic E-state index is 0.123. The summed E-state index contributed by atoms with van der Waals surface area (Å²) in [6, 6.07) is 13.5. The summed E-state index contributed by atoms with van der Waals surface area (Å²) in [5.74, 6) is 1.48. The van der Waals surface area contributed by atoms with Crippen molar-refractivity contribution in [1.82, 2.24) is 15.7 Å². The lowest BCUT2D eigenvalue weighted by Crippen LogP contribution is -2.11. The number of hydroxylamine groups is 1. The highest BCUT2D eigenvalue weighted by Gasteiger charge is 2.11. The predicted molar refractivity (Wildman–Crippen MR) is 90.8 cm³/mol. The maximum absolute atomic E-state index is 5.69. The van der Waals surface area contributed by atoms with Crippen LogP contribution in [0.25, 0.3) is 27.4 Å². The third-order valence-corrected chi connectivity index (χ3v) is 4.17. The van der Waals surface area contributed by atoms with Crippen molar-refractivity contribution >= 4 is 28.0 Å². The van der Waals surface area contributed by atoms with E-state index in [9.17, 15) is 0 Å². The lowest BCUT2D eigenvalue weighted by Gasteiger charge is -2.05. The molecule has 0 saturated heterocycles. The van der Waals surface area contributed by atoms with Crippen LogP contribution in [0.2, 0.25) is 0 Å². The summed E-state index contributed by atoms with van der Waals surface area (Å²) < 4.78 is 11.2. The van der Waals surface area contributed by atoms with Gasteiger partial charge in [-0.1, -0.05) is 30.8 Å². The van der Waals surface area contributed by atoms with Crippen molar-refractivity contribution < 1.29 is 13.7 Å². The highest BCUT2D eigenvalue weighted by molar-refractivity contribution is 7.13. The summed E-state index contributed by atoms with van der Waals surface area (Å²) >= 11 is 1.54. The smallest absolute Gasteiger partial charge is 0.257 e. The molecule has 0 amide bonds. The number of furan rings is 1. The van der Waals surface area contributed by atoms with Gasteiger partial charge < -0.3 is 8.83 Å². The topological polar surface area (TPSA) is 73.3 Å². The summed E-state index contributed by atoms with van der Waals surface area (Å²) in [5, 5.41) is 10.9. The van der Waals surface area contributed by atoms with Crippen molar-refractivity contribution in [2.45, 2.75) is 6.61 Å². The van der Waals surface area contributed by atoms with Gasteiger partial charge in [0, 0.05) is 5.39 Å². The molecule has 0 aliphatic heterocycles. The van der Waals surface area contributed by atoms with E-state index in [0.29, 0.717) is 23.2 Å². The number of para-hydroxylation sites is 1. The Hall–Kier alpha value is -2.90. The molecule has 24 heavy (non-hydrogen) atoms. The second-order valence-corrected chi connectivity index (χ2v) is 5.94. The summed E-state index contributed by atoms with van der Waals surface area (Å²) in [6.07, 6.45) is 0. The van der Waals surface area contributed by atoms with Crippen LogP contribution in [0.1, 0.15) is 11.7 Å². The summed E-state index contributed by atoms with van der Waals surface area (Å²) in [5.41, 5.74) is 4.06. The fourth-order valence-electron chi connectivity index (χ4n) is 2.18. The Morgan fingerprint density at radius 3 is 2.92 bits per heavy atom. The normalized spacial score (nSPS) is 11.0. The van der Waals surface area contributed by atoms with Gasteiger partial charge in [0.25, 0.3) is 5.89 Å². The Morgan fingerprint density at radius 1 is 1.17 bits per heavy atom. The van der Waals surface area contributed by atoms with Crippen molar-refractivity contribution in [3.8, 4) is 10.8 Å². The second kappa shape index (κ2) is 6.31. The third kappa shape index (κ3) is 2.94. The Balaban J connectivity index is 1.36. The first kappa shape index (κ1) is 14.7. The van der Waals surface area contributed by atoms with E-state index in [4.69, 9.17) is 13.7 Å². The van der Waals surface area contributed by atoms with Gasteiger partial charge in [0.1, 0.15) is 5.58 Å². The predicted octanol–water partition coefficient (Wildman–Crippen LogP) is 4.24. The number of benzene rings is 1. The third-order valence-electron chi connectivity index (χ3n) is 3.31. The zero-order valence-electron chi connectivity index (χ0n) is 12.6. The molecule has 0 spiro atoms. The van der Waals surface area contributed by atoms with E-state index in [1.54, 1.807) is 0 Å². The van der Waals surface area contributed by atoms with Crippen molar-refractivity contribution in [2.24, 2.45) is 0 Å². The number of hydrogen-bond donors (Lipinski definition) is 1. The standard InChI is InChI=1S/C17H13N3O3S/c1-11(14-9-12-5-2-3-6-13(12)22-14)20-21-10-16-18-19-17(23-16)15-7-4-8-24-15/h2-9,20H,1,10H2. The molecule has 0 atom stereocenters. The van der Waals surface area contributed by atoms with Gasteiger partial charge in [-0.25, -0.2) is 0 Å². The van der Waals surface area contributed by atoms with Crippen LogP contribution in [-0.4, -0.2) is 10.2 Å². The van der Waals surface area contributed by atoms with E-state index in [1.165, 1.54) is 11.3 Å². The minimum atomic E-state index is 0.123. The van der Waals surface area contributed by atoms with E-state index in [2.05, 4.69) is 22.3 Å². The zero-order valence-corrected chi connectivity index (χ0v) is 13.4. The van der Waals surface area contributed by atoms with Gasteiger partial charge >= 0.3 is 0 Å². The van der Waals surface area contributed by atoms with E-state index in [-0.39, 0.29) is 6.61 Å². The molecule has 4 rings (SSSR count). The molecule has 0 unspecified atom stereocenters. The second-order valence-electron chi connectivity index (χ2n) is 5.00. The Morgan fingerprint density at radius 2 is 2.08 bits per heavy atom. The molecule has 0 bridgehead atoms. The van der Waals surface area contributed by atoms with Crippen molar-refractivity contribution in [2.75, 3.05) is 0 Å². The number of hydrogen-bond acceptors (Lipinski definition) is 7. The Labute approximate surface area is 141 Å². The van der Waals surface area contributed by atoms with Crippen LogP contribution in [0.3, 0.4) is 0 Å². The lowest BCUT2D eigenvalue weighted by molar-refractivity contribution is 0.0497. The van der Waals surface area contributed by atoms with Crippen molar-refractivity contribution in [3.63, 3.8) is 0 Å². The molecule has 1 aromatic carbocycles. The van der Waals surface area contributed by atoms with Crippen LogP contribution in [0.15, 0.2) is 63.3 Å². The first-order valence-electron chi connectivity index (χ1n) is 7.21. The van der Waals surface area contributed by atoms with Gasteiger partial charge in [-0.15, -0.1) is 21.5 Å². The van der Waals surface area contributed by atoms with Crippen LogP contribution in [0.4, 0.5) is 0 Å². The lowest BCUT2D eigenvalue weighted by atomic mass is 10.2. The van der Waals surface area contributed by atoms with E-state index in [1.807, 2.05) is 47.8 Å². The Bertz CT molecular complexity index is 939. The first-order chi connectivity index (χ1) is 11.8. The SMILES string of the molecule is C=C(NOCc1nnc(-c2cccs2)o1)c1cc2ccccc2o1. The van der Waals surface area contributed by atoms with Crippen LogP contribution >= 0.6 is 11.3 Å². The molecule has 0 fully saturated rings. The fourth-order valence-corrected chi connectivity index (χ4v) is 2.82. The van der Waals surface area contributed by atoms with Crippen molar-refractivity contribution in [3.05, 3.63) is 66.1 Å².